The Morgan fingerprint density at radius 3 is 2.54 bits per heavy atom. The zero-order valence-electron chi connectivity index (χ0n) is 14.9. The Balaban J connectivity index is 1.59. The standard InChI is InChI=1S/C18H25N3O4S/c1-25-14-6-4-13(5-7-14)16(20-8-2-3-9-20)10-21-17-12-26(23,24)11-15(17)19-18(21)22/h4-7,15-17H,2-3,8-12H2,1H3,(H,19,22)/t15-,16-,17+/m0/s1. The predicted octanol–water partition coefficient (Wildman–Crippen LogP) is 1.02. The van der Waals surface area contributed by atoms with Gasteiger partial charge in [-0.05, 0) is 43.6 Å². The van der Waals surface area contributed by atoms with Gasteiger partial charge in [-0.15, -0.1) is 0 Å². The van der Waals surface area contributed by atoms with Crippen LogP contribution in [0.15, 0.2) is 24.3 Å². The van der Waals surface area contributed by atoms with E-state index in [1.807, 2.05) is 24.3 Å². The van der Waals surface area contributed by atoms with E-state index in [1.54, 1.807) is 12.0 Å². The summed E-state index contributed by atoms with van der Waals surface area (Å²) in [6.07, 6.45) is 2.30. The molecule has 0 aromatic heterocycles. The summed E-state index contributed by atoms with van der Waals surface area (Å²) in [5.74, 6) is 0.914. The van der Waals surface area contributed by atoms with Gasteiger partial charge < -0.3 is 15.0 Å². The number of likely N-dealkylation sites (tertiary alicyclic amines) is 1. The average molecular weight is 379 g/mol. The topological polar surface area (TPSA) is 79.0 Å². The number of methoxy groups -OCH3 is 1. The van der Waals surface area contributed by atoms with E-state index in [1.165, 1.54) is 0 Å². The number of carbonyl (C=O) groups excluding carboxylic acids is 1. The van der Waals surface area contributed by atoms with Crippen molar-refractivity contribution in [1.29, 1.82) is 0 Å². The molecule has 2 amide bonds. The van der Waals surface area contributed by atoms with Crippen LogP contribution in [-0.4, -0.2) is 74.6 Å². The number of nitrogens with zero attached hydrogens (tertiary/aromatic N) is 2. The van der Waals surface area contributed by atoms with Crippen LogP contribution in [0.2, 0.25) is 0 Å². The number of nitrogens with one attached hydrogen (secondary N) is 1. The molecule has 3 atom stereocenters. The molecule has 1 aromatic carbocycles. The molecule has 26 heavy (non-hydrogen) atoms. The maximum absolute atomic E-state index is 12.5. The zero-order chi connectivity index (χ0) is 18.3. The second-order valence-corrected chi connectivity index (χ2v) is 9.54. The smallest absolute Gasteiger partial charge is 0.318 e. The van der Waals surface area contributed by atoms with Crippen LogP contribution in [0, 0.1) is 0 Å². The second kappa shape index (κ2) is 6.74. The van der Waals surface area contributed by atoms with Gasteiger partial charge >= 0.3 is 6.03 Å². The molecule has 0 unspecified atom stereocenters. The van der Waals surface area contributed by atoms with Crippen LogP contribution in [-0.2, 0) is 9.84 Å². The van der Waals surface area contributed by atoms with Crippen LogP contribution < -0.4 is 10.1 Å². The maximum atomic E-state index is 12.5. The van der Waals surface area contributed by atoms with E-state index in [0.29, 0.717) is 6.54 Å². The summed E-state index contributed by atoms with van der Waals surface area (Å²) in [5.41, 5.74) is 1.13. The monoisotopic (exact) mass is 379 g/mol. The van der Waals surface area contributed by atoms with E-state index in [0.717, 1.165) is 37.2 Å². The highest BCUT2D eigenvalue weighted by Crippen LogP contribution is 2.31. The van der Waals surface area contributed by atoms with E-state index in [9.17, 15) is 13.2 Å². The summed E-state index contributed by atoms with van der Waals surface area (Å²) in [4.78, 5) is 16.6. The van der Waals surface area contributed by atoms with E-state index in [-0.39, 0.29) is 35.7 Å². The zero-order valence-corrected chi connectivity index (χ0v) is 15.7. The molecule has 0 bridgehead atoms. The first-order valence-electron chi connectivity index (χ1n) is 9.12. The molecular formula is C18H25N3O4S. The van der Waals surface area contributed by atoms with Gasteiger partial charge in [-0.3, -0.25) is 4.90 Å². The number of fused-ring (bicyclic) bond motifs is 1. The molecule has 3 aliphatic rings. The van der Waals surface area contributed by atoms with Crippen LogP contribution in [0.3, 0.4) is 0 Å². The first-order chi connectivity index (χ1) is 12.5. The van der Waals surface area contributed by atoms with E-state index >= 15 is 0 Å². The quantitative estimate of drug-likeness (QED) is 0.773. The summed E-state index contributed by atoms with van der Waals surface area (Å²) in [6, 6.07) is 7.34. The van der Waals surface area contributed by atoms with Crippen molar-refractivity contribution < 1.29 is 17.9 Å². The van der Waals surface area contributed by atoms with Gasteiger partial charge in [-0.1, -0.05) is 12.1 Å². The van der Waals surface area contributed by atoms with Crippen molar-refractivity contribution in [3.8, 4) is 5.75 Å². The third-order valence-electron chi connectivity index (χ3n) is 5.74. The molecule has 142 valence electrons. The van der Waals surface area contributed by atoms with Crippen molar-refractivity contribution in [3.63, 3.8) is 0 Å². The normalized spacial score (nSPS) is 28.8. The third-order valence-corrected chi connectivity index (χ3v) is 7.46. The SMILES string of the molecule is COc1ccc([C@H](CN2C(=O)N[C@H]3CS(=O)(=O)C[C@H]32)N2CCCC2)cc1. The fourth-order valence-corrected chi connectivity index (χ4v) is 6.30. The Morgan fingerprint density at radius 1 is 1.19 bits per heavy atom. The Morgan fingerprint density at radius 2 is 1.88 bits per heavy atom. The van der Waals surface area contributed by atoms with Gasteiger partial charge in [0.1, 0.15) is 5.75 Å². The summed E-state index contributed by atoms with van der Waals surface area (Å²) in [7, 11) is -1.44. The summed E-state index contributed by atoms with van der Waals surface area (Å²) >= 11 is 0. The van der Waals surface area contributed by atoms with Gasteiger partial charge in [-0.25, -0.2) is 13.2 Å². The number of benzene rings is 1. The molecule has 0 saturated carbocycles. The Kier molecular flexibility index (Phi) is 4.56. The molecule has 3 saturated heterocycles. The van der Waals surface area contributed by atoms with Crippen molar-refractivity contribution in [2.24, 2.45) is 0 Å². The molecule has 3 heterocycles. The molecular weight excluding hydrogens is 354 g/mol. The first kappa shape index (κ1) is 17.6. The fraction of sp³-hybridized carbons (Fsp3) is 0.611. The number of carbonyl (C=O) groups is 1. The van der Waals surface area contributed by atoms with Crippen LogP contribution in [0.4, 0.5) is 4.79 Å². The van der Waals surface area contributed by atoms with Crippen molar-refractivity contribution in [2.75, 3.05) is 38.2 Å². The van der Waals surface area contributed by atoms with Gasteiger partial charge in [-0.2, -0.15) is 0 Å². The number of rotatable bonds is 5. The Bertz CT molecular complexity index is 774. The average Bonchev–Trinajstić information content (AvgIpc) is 3.29. The molecule has 3 fully saturated rings. The summed E-state index contributed by atoms with van der Waals surface area (Å²) in [5, 5.41) is 2.86. The van der Waals surface area contributed by atoms with Gasteiger partial charge in [0.2, 0.25) is 0 Å². The van der Waals surface area contributed by atoms with E-state index < -0.39 is 9.84 Å². The second-order valence-electron chi connectivity index (χ2n) is 7.38. The van der Waals surface area contributed by atoms with Gasteiger partial charge in [0, 0.05) is 6.54 Å². The van der Waals surface area contributed by atoms with Crippen molar-refractivity contribution in [1.82, 2.24) is 15.1 Å². The minimum atomic E-state index is -3.08. The van der Waals surface area contributed by atoms with Gasteiger partial charge in [0.25, 0.3) is 0 Å². The molecule has 7 nitrogen and oxygen atoms in total. The van der Waals surface area contributed by atoms with Crippen LogP contribution in [0.1, 0.15) is 24.4 Å². The summed E-state index contributed by atoms with van der Waals surface area (Å²) < 4.78 is 29.2. The Hall–Kier alpha value is -1.80. The molecule has 0 radical (unpaired) electrons. The highest BCUT2D eigenvalue weighted by molar-refractivity contribution is 7.91. The molecule has 1 aromatic rings. The largest absolute Gasteiger partial charge is 0.497 e. The molecule has 0 aliphatic carbocycles. The van der Waals surface area contributed by atoms with Crippen LogP contribution in [0.25, 0.3) is 0 Å². The lowest BCUT2D eigenvalue weighted by Gasteiger charge is -2.33. The number of sulfone groups is 1. The van der Waals surface area contributed by atoms with Crippen molar-refractivity contribution in [2.45, 2.75) is 31.0 Å². The van der Waals surface area contributed by atoms with Crippen molar-refractivity contribution in [3.05, 3.63) is 29.8 Å². The van der Waals surface area contributed by atoms with E-state index in [4.69, 9.17) is 4.74 Å². The van der Waals surface area contributed by atoms with Crippen LogP contribution >= 0.6 is 0 Å². The number of hydrogen-bond donors (Lipinski definition) is 1. The molecule has 1 N–H and O–H groups in total. The lowest BCUT2D eigenvalue weighted by molar-refractivity contribution is 0.160. The van der Waals surface area contributed by atoms with Gasteiger partial charge in [0.15, 0.2) is 9.84 Å². The lowest BCUT2D eigenvalue weighted by atomic mass is 10.0. The number of ether oxygens (including phenoxy) is 1. The first-order valence-corrected chi connectivity index (χ1v) is 10.9. The number of hydrogen-bond acceptors (Lipinski definition) is 5. The molecule has 8 heteroatoms. The molecule has 3 aliphatic heterocycles. The predicted molar refractivity (Wildman–Crippen MR) is 98.0 cm³/mol. The Labute approximate surface area is 154 Å². The van der Waals surface area contributed by atoms with Crippen molar-refractivity contribution >= 4 is 15.9 Å². The van der Waals surface area contributed by atoms with Crippen LogP contribution in [0.5, 0.6) is 5.75 Å². The minimum absolute atomic E-state index is 0.0524. The number of urea groups is 1. The summed E-state index contributed by atoms with van der Waals surface area (Å²) in [6.45, 7) is 2.51. The highest BCUT2D eigenvalue weighted by atomic mass is 32.2. The highest BCUT2D eigenvalue weighted by Gasteiger charge is 2.49. The lowest BCUT2D eigenvalue weighted by Crippen LogP contribution is -2.43. The molecule has 4 rings (SSSR count). The maximum Gasteiger partial charge on any atom is 0.318 e. The number of amides is 2. The minimum Gasteiger partial charge on any atom is -0.497 e. The van der Waals surface area contributed by atoms with E-state index in [2.05, 4.69) is 10.2 Å². The fourth-order valence-electron chi connectivity index (χ4n) is 4.38. The van der Waals surface area contributed by atoms with Gasteiger partial charge in [0.05, 0.1) is 36.7 Å². The molecule has 0 spiro atoms. The third kappa shape index (κ3) is 3.27.